The van der Waals surface area contributed by atoms with Crippen LogP contribution in [-0.4, -0.2) is 20.6 Å². The van der Waals surface area contributed by atoms with Crippen LogP contribution in [0.25, 0.3) is 0 Å². The number of nitrogens with two attached hydrogens (primary N) is 1. The zero-order chi connectivity index (χ0) is 13.0. The van der Waals surface area contributed by atoms with Crippen LogP contribution in [0.5, 0.6) is 0 Å². The van der Waals surface area contributed by atoms with Crippen molar-refractivity contribution in [1.29, 1.82) is 0 Å². The maximum atomic E-state index is 11.0. The lowest BCUT2D eigenvalue weighted by molar-refractivity contribution is -0.386. The summed E-state index contributed by atoms with van der Waals surface area (Å²) in [6.07, 6.45) is 1.13. The van der Waals surface area contributed by atoms with Crippen molar-refractivity contribution in [3.63, 3.8) is 0 Å². The summed E-state index contributed by atoms with van der Waals surface area (Å²) in [5.41, 5.74) is 6.13. The molecule has 0 saturated carbocycles. The number of aromatic nitrogens is 2. The number of carbonyl (C=O) groups is 1. The first-order valence-electron chi connectivity index (χ1n) is 5.52. The highest BCUT2D eigenvalue weighted by Crippen LogP contribution is 2.24. The van der Waals surface area contributed by atoms with Gasteiger partial charge in [-0.1, -0.05) is 13.8 Å². The molecule has 1 aromatic heterocycles. The van der Waals surface area contributed by atoms with Crippen LogP contribution in [0.2, 0.25) is 0 Å². The van der Waals surface area contributed by atoms with Crippen molar-refractivity contribution in [3.8, 4) is 0 Å². The van der Waals surface area contributed by atoms with Gasteiger partial charge in [-0.2, -0.15) is 5.10 Å². The lowest BCUT2D eigenvalue weighted by Crippen LogP contribution is -2.15. The smallest absolute Gasteiger partial charge is 0.313 e. The number of primary amides is 1. The molecule has 2 N–H and O–H groups in total. The van der Waals surface area contributed by atoms with Gasteiger partial charge >= 0.3 is 5.69 Å². The molecule has 0 radical (unpaired) electrons. The summed E-state index contributed by atoms with van der Waals surface area (Å²) in [7, 11) is 0. The average molecular weight is 240 g/mol. The fraction of sp³-hybridized carbons (Fsp3) is 0.600. The summed E-state index contributed by atoms with van der Waals surface area (Å²) >= 11 is 0. The lowest BCUT2D eigenvalue weighted by Gasteiger charge is -2.02. The molecular weight excluding hydrogens is 224 g/mol. The average Bonchev–Trinajstić information content (AvgIpc) is 2.63. The van der Waals surface area contributed by atoms with Gasteiger partial charge in [0, 0.05) is 6.42 Å². The third-order valence-electron chi connectivity index (χ3n) is 2.52. The monoisotopic (exact) mass is 240 g/mol. The molecule has 0 aromatic carbocycles. The molecule has 0 saturated heterocycles. The molecule has 0 atom stereocenters. The molecule has 1 rings (SSSR count). The van der Waals surface area contributed by atoms with Crippen LogP contribution in [0.3, 0.4) is 0 Å². The van der Waals surface area contributed by atoms with Crippen LogP contribution in [0, 0.1) is 10.1 Å². The highest BCUT2D eigenvalue weighted by Gasteiger charge is 2.25. The molecule has 0 spiro atoms. The Morgan fingerprint density at radius 1 is 1.47 bits per heavy atom. The Labute approximate surface area is 98.7 Å². The van der Waals surface area contributed by atoms with Crippen molar-refractivity contribution in [2.75, 3.05) is 0 Å². The first-order valence-corrected chi connectivity index (χ1v) is 5.52. The highest BCUT2D eigenvalue weighted by atomic mass is 16.6. The molecule has 1 heterocycles. The van der Waals surface area contributed by atoms with E-state index < -0.39 is 10.8 Å². The van der Waals surface area contributed by atoms with Gasteiger partial charge < -0.3 is 5.73 Å². The zero-order valence-corrected chi connectivity index (χ0v) is 9.97. The maximum Gasteiger partial charge on any atom is 0.313 e. The summed E-state index contributed by atoms with van der Waals surface area (Å²) < 4.78 is 1.52. The second-order valence-corrected chi connectivity index (χ2v) is 3.65. The van der Waals surface area contributed by atoms with E-state index in [0.29, 0.717) is 30.8 Å². The summed E-state index contributed by atoms with van der Waals surface area (Å²) in [6, 6.07) is 0. The van der Waals surface area contributed by atoms with Gasteiger partial charge in [-0.3, -0.25) is 19.6 Å². The van der Waals surface area contributed by atoms with Crippen molar-refractivity contribution < 1.29 is 9.72 Å². The standard InChI is InChI=1S/C10H16N4O3/c1-3-7-10(14(16)17)8(4-2)13(12-7)6-5-9(11)15/h3-6H2,1-2H3,(H2,11,15). The van der Waals surface area contributed by atoms with Crippen LogP contribution in [-0.2, 0) is 24.2 Å². The molecule has 1 aromatic rings. The molecule has 7 heteroatoms. The van der Waals surface area contributed by atoms with Crippen LogP contribution in [0.15, 0.2) is 0 Å². The summed E-state index contributed by atoms with van der Waals surface area (Å²) in [4.78, 5) is 21.3. The molecule has 17 heavy (non-hydrogen) atoms. The van der Waals surface area contributed by atoms with Gasteiger partial charge in [0.25, 0.3) is 0 Å². The van der Waals surface area contributed by atoms with Gasteiger partial charge in [0.15, 0.2) is 0 Å². The Kier molecular flexibility index (Phi) is 4.19. The Morgan fingerprint density at radius 3 is 2.53 bits per heavy atom. The molecule has 0 unspecified atom stereocenters. The van der Waals surface area contributed by atoms with Gasteiger partial charge in [-0.05, 0) is 12.8 Å². The van der Waals surface area contributed by atoms with Crippen molar-refractivity contribution in [3.05, 3.63) is 21.5 Å². The third-order valence-corrected chi connectivity index (χ3v) is 2.52. The lowest BCUT2D eigenvalue weighted by atomic mass is 10.2. The van der Waals surface area contributed by atoms with E-state index in [1.165, 1.54) is 4.68 Å². The summed E-state index contributed by atoms with van der Waals surface area (Å²) in [5, 5.41) is 15.1. The van der Waals surface area contributed by atoms with Crippen molar-refractivity contribution in [1.82, 2.24) is 9.78 Å². The van der Waals surface area contributed by atoms with E-state index in [1.807, 2.05) is 13.8 Å². The van der Waals surface area contributed by atoms with E-state index in [1.54, 1.807) is 0 Å². The van der Waals surface area contributed by atoms with Gasteiger partial charge in [0.05, 0.1) is 11.5 Å². The van der Waals surface area contributed by atoms with E-state index in [0.717, 1.165) is 0 Å². The Bertz CT molecular complexity index is 439. The minimum atomic E-state index is -0.441. The first kappa shape index (κ1) is 13.1. The van der Waals surface area contributed by atoms with Gasteiger partial charge in [-0.15, -0.1) is 0 Å². The normalized spacial score (nSPS) is 10.5. The minimum absolute atomic E-state index is 0.0690. The number of carbonyl (C=O) groups excluding carboxylic acids is 1. The van der Waals surface area contributed by atoms with Crippen LogP contribution in [0.4, 0.5) is 5.69 Å². The van der Waals surface area contributed by atoms with Gasteiger partial charge in [-0.25, -0.2) is 0 Å². The van der Waals surface area contributed by atoms with E-state index in [-0.39, 0.29) is 12.1 Å². The number of nitro groups is 1. The molecule has 0 aliphatic carbocycles. The molecule has 1 amide bonds. The Morgan fingerprint density at radius 2 is 2.12 bits per heavy atom. The van der Waals surface area contributed by atoms with Gasteiger partial charge in [0.2, 0.25) is 5.91 Å². The van der Waals surface area contributed by atoms with Crippen LogP contribution in [0.1, 0.15) is 31.7 Å². The topological polar surface area (TPSA) is 104 Å². The molecular formula is C10H16N4O3. The minimum Gasteiger partial charge on any atom is -0.370 e. The first-order chi connectivity index (χ1) is 8.01. The molecule has 0 aliphatic rings. The van der Waals surface area contributed by atoms with Crippen molar-refractivity contribution in [2.24, 2.45) is 5.73 Å². The van der Waals surface area contributed by atoms with Gasteiger partial charge in [0.1, 0.15) is 11.4 Å². The quantitative estimate of drug-likeness (QED) is 0.586. The highest BCUT2D eigenvalue weighted by molar-refractivity contribution is 5.73. The number of aryl methyl sites for hydroxylation is 2. The maximum absolute atomic E-state index is 11.0. The predicted molar refractivity (Wildman–Crippen MR) is 61.4 cm³/mol. The fourth-order valence-electron chi connectivity index (χ4n) is 1.74. The SMILES string of the molecule is CCc1nn(CCC(N)=O)c(CC)c1[N+](=O)[O-]. The number of rotatable bonds is 6. The number of amides is 1. The summed E-state index contributed by atoms with van der Waals surface area (Å²) in [6.45, 7) is 3.93. The van der Waals surface area contributed by atoms with Crippen LogP contribution < -0.4 is 5.73 Å². The second kappa shape index (κ2) is 5.42. The number of hydrogen-bond acceptors (Lipinski definition) is 4. The number of nitrogens with zero attached hydrogens (tertiary/aromatic N) is 3. The summed E-state index contributed by atoms with van der Waals surface area (Å²) in [5.74, 6) is -0.441. The van der Waals surface area contributed by atoms with E-state index in [2.05, 4.69) is 5.10 Å². The molecule has 0 fully saturated rings. The van der Waals surface area contributed by atoms with Crippen molar-refractivity contribution in [2.45, 2.75) is 39.7 Å². The van der Waals surface area contributed by atoms with E-state index >= 15 is 0 Å². The van der Waals surface area contributed by atoms with Crippen molar-refractivity contribution >= 4 is 11.6 Å². The molecule has 7 nitrogen and oxygen atoms in total. The van der Waals surface area contributed by atoms with E-state index in [9.17, 15) is 14.9 Å². The zero-order valence-electron chi connectivity index (χ0n) is 9.97. The largest absolute Gasteiger partial charge is 0.370 e. The third kappa shape index (κ3) is 2.80. The van der Waals surface area contributed by atoms with E-state index in [4.69, 9.17) is 5.73 Å². The molecule has 0 bridgehead atoms. The van der Waals surface area contributed by atoms with Crippen LogP contribution >= 0.6 is 0 Å². The Hall–Kier alpha value is -1.92. The number of hydrogen-bond donors (Lipinski definition) is 1. The predicted octanol–water partition coefficient (Wildman–Crippen LogP) is 0.792. The molecule has 94 valence electrons. The fourth-order valence-corrected chi connectivity index (χ4v) is 1.74. The second-order valence-electron chi connectivity index (χ2n) is 3.65. The molecule has 0 aliphatic heterocycles. The Balaban J connectivity index is 3.13.